The van der Waals surface area contributed by atoms with Crippen molar-refractivity contribution >= 4 is 17.3 Å². The van der Waals surface area contributed by atoms with Crippen LogP contribution in [0.3, 0.4) is 0 Å². The maximum Gasteiger partial charge on any atom is 0.416 e. The van der Waals surface area contributed by atoms with E-state index < -0.39 is 27.8 Å². The van der Waals surface area contributed by atoms with Gasteiger partial charge in [-0.15, -0.1) is 0 Å². The zero-order valence-corrected chi connectivity index (χ0v) is 11.0. The molecule has 1 aromatic rings. The van der Waals surface area contributed by atoms with Crippen LogP contribution in [-0.4, -0.2) is 10.8 Å². The van der Waals surface area contributed by atoms with E-state index in [1.54, 1.807) is 6.92 Å². The number of rotatable bonds is 4. The van der Waals surface area contributed by atoms with Gasteiger partial charge in [-0.2, -0.15) is 13.2 Å². The molecule has 0 bridgehead atoms. The van der Waals surface area contributed by atoms with Crippen molar-refractivity contribution in [3.63, 3.8) is 0 Å². The Balaban J connectivity index is 2.19. The second kappa shape index (κ2) is 4.90. The summed E-state index contributed by atoms with van der Waals surface area (Å²) in [6, 6.07) is 2.05. The number of amides is 1. The van der Waals surface area contributed by atoms with Crippen LogP contribution in [0.5, 0.6) is 0 Å². The summed E-state index contributed by atoms with van der Waals surface area (Å²) in [5, 5.41) is 10.8. The molecule has 0 saturated heterocycles. The van der Waals surface area contributed by atoms with Crippen molar-refractivity contribution in [3.05, 3.63) is 33.9 Å². The van der Waals surface area contributed by atoms with Gasteiger partial charge < -0.3 is 0 Å². The Morgan fingerprint density at radius 1 is 1.38 bits per heavy atom. The molecule has 2 rings (SSSR count). The molecule has 0 aromatic heterocycles. The van der Waals surface area contributed by atoms with E-state index in [0.29, 0.717) is 25.0 Å². The standard InChI is InChI=1S/C12H12F3N3O3/c1-11(4-5-11)10(19)17-16-8-3-2-7(12(13,14)15)6-9(8)18(20)21/h2-3,6,16H,4-5H2,1H3,(H,17,19). The number of carbonyl (C=O) groups is 1. The molecule has 1 aliphatic carbocycles. The van der Waals surface area contributed by atoms with Crippen molar-refractivity contribution in [2.75, 3.05) is 5.43 Å². The molecule has 1 aliphatic rings. The fraction of sp³-hybridized carbons (Fsp3) is 0.417. The summed E-state index contributed by atoms with van der Waals surface area (Å²) in [6.45, 7) is 1.73. The topological polar surface area (TPSA) is 84.3 Å². The normalized spacial score (nSPS) is 16.2. The number of nitrogens with zero attached hydrogens (tertiary/aromatic N) is 1. The minimum Gasteiger partial charge on any atom is -0.292 e. The van der Waals surface area contributed by atoms with E-state index in [0.717, 1.165) is 6.07 Å². The Morgan fingerprint density at radius 3 is 2.48 bits per heavy atom. The third-order valence-electron chi connectivity index (χ3n) is 3.38. The van der Waals surface area contributed by atoms with E-state index in [4.69, 9.17) is 0 Å². The van der Waals surface area contributed by atoms with Gasteiger partial charge in [0.15, 0.2) is 0 Å². The summed E-state index contributed by atoms with van der Waals surface area (Å²) >= 11 is 0. The highest BCUT2D eigenvalue weighted by Gasteiger charge is 2.45. The van der Waals surface area contributed by atoms with Gasteiger partial charge in [0.2, 0.25) is 5.91 Å². The van der Waals surface area contributed by atoms with Crippen LogP contribution in [-0.2, 0) is 11.0 Å². The van der Waals surface area contributed by atoms with Crippen LogP contribution in [0.2, 0.25) is 0 Å². The molecule has 0 heterocycles. The lowest BCUT2D eigenvalue weighted by Crippen LogP contribution is -2.35. The molecule has 114 valence electrons. The van der Waals surface area contributed by atoms with E-state index in [1.807, 2.05) is 0 Å². The third-order valence-corrected chi connectivity index (χ3v) is 3.38. The van der Waals surface area contributed by atoms with E-state index in [-0.39, 0.29) is 11.6 Å². The molecule has 21 heavy (non-hydrogen) atoms. The maximum absolute atomic E-state index is 12.5. The Hall–Kier alpha value is -2.32. The van der Waals surface area contributed by atoms with Gasteiger partial charge in [0, 0.05) is 11.5 Å². The lowest BCUT2D eigenvalue weighted by Gasteiger charge is -2.13. The van der Waals surface area contributed by atoms with Crippen LogP contribution in [0.25, 0.3) is 0 Å². The average molecular weight is 303 g/mol. The lowest BCUT2D eigenvalue weighted by molar-refractivity contribution is -0.384. The third kappa shape index (κ3) is 3.23. The van der Waals surface area contributed by atoms with Crippen LogP contribution in [0, 0.1) is 15.5 Å². The molecular formula is C12H12F3N3O3. The highest BCUT2D eigenvalue weighted by Crippen LogP contribution is 2.45. The van der Waals surface area contributed by atoms with Gasteiger partial charge in [0.1, 0.15) is 5.69 Å². The predicted molar refractivity (Wildman–Crippen MR) is 67.2 cm³/mol. The minimum atomic E-state index is -4.67. The van der Waals surface area contributed by atoms with Crippen molar-refractivity contribution in [1.29, 1.82) is 0 Å². The quantitative estimate of drug-likeness (QED) is 0.661. The second-order valence-electron chi connectivity index (χ2n) is 5.13. The number of nitrogens with one attached hydrogen (secondary N) is 2. The van der Waals surface area contributed by atoms with Gasteiger partial charge in [-0.1, -0.05) is 6.92 Å². The van der Waals surface area contributed by atoms with Crippen molar-refractivity contribution in [3.8, 4) is 0 Å². The van der Waals surface area contributed by atoms with Gasteiger partial charge >= 0.3 is 6.18 Å². The first-order valence-corrected chi connectivity index (χ1v) is 6.05. The fourth-order valence-electron chi connectivity index (χ4n) is 1.65. The Morgan fingerprint density at radius 2 is 2.00 bits per heavy atom. The molecule has 1 amide bonds. The van der Waals surface area contributed by atoms with Crippen molar-refractivity contribution in [2.45, 2.75) is 25.9 Å². The summed E-state index contributed by atoms with van der Waals surface area (Å²) in [6.07, 6.45) is -3.26. The fourth-order valence-corrected chi connectivity index (χ4v) is 1.65. The van der Waals surface area contributed by atoms with Crippen LogP contribution >= 0.6 is 0 Å². The Kier molecular flexibility index (Phi) is 3.52. The number of carbonyl (C=O) groups excluding carboxylic acids is 1. The van der Waals surface area contributed by atoms with E-state index in [1.165, 1.54) is 0 Å². The summed E-state index contributed by atoms with van der Waals surface area (Å²) in [4.78, 5) is 21.6. The smallest absolute Gasteiger partial charge is 0.292 e. The average Bonchev–Trinajstić information content (AvgIpc) is 3.13. The second-order valence-corrected chi connectivity index (χ2v) is 5.13. The first-order valence-electron chi connectivity index (χ1n) is 6.05. The maximum atomic E-state index is 12.5. The molecule has 0 radical (unpaired) electrons. The highest BCUT2D eigenvalue weighted by atomic mass is 19.4. The van der Waals surface area contributed by atoms with Crippen molar-refractivity contribution < 1.29 is 22.9 Å². The number of nitro benzene ring substituents is 1. The molecule has 1 aromatic carbocycles. The van der Waals surface area contributed by atoms with Crippen molar-refractivity contribution in [2.24, 2.45) is 5.41 Å². The van der Waals surface area contributed by atoms with Crippen LogP contribution < -0.4 is 10.9 Å². The number of alkyl halides is 3. The zero-order chi connectivity index (χ0) is 15.8. The number of hydrogen-bond acceptors (Lipinski definition) is 4. The van der Waals surface area contributed by atoms with Crippen LogP contribution in [0.15, 0.2) is 18.2 Å². The number of hydrazine groups is 1. The zero-order valence-electron chi connectivity index (χ0n) is 11.0. The van der Waals surface area contributed by atoms with Gasteiger partial charge in [-0.25, -0.2) is 0 Å². The molecule has 6 nitrogen and oxygen atoms in total. The monoisotopic (exact) mass is 303 g/mol. The van der Waals surface area contributed by atoms with Crippen LogP contribution in [0.4, 0.5) is 24.5 Å². The lowest BCUT2D eigenvalue weighted by atomic mass is 10.1. The molecule has 0 atom stereocenters. The van der Waals surface area contributed by atoms with Gasteiger partial charge in [0.05, 0.1) is 10.5 Å². The molecule has 0 aliphatic heterocycles. The summed E-state index contributed by atoms with van der Waals surface area (Å²) in [7, 11) is 0. The van der Waals surface area contributed by atoms with Gasteiger partial charge in [0.25, 0.3) is 5.69 Å². The number of hydrogen-bond donors (Lipinski definition) is 2. The molecule has 9 heteroatoms. The summed E-state index contributed by atoms with van der Waals surface area (Å²) in [5.41, 5.74) is 2.00. The first-order chi connectivity index (χ1) is 9.63. The predicted octanol–water partition coefficient (Wildman–Crippen LogP) is 2.86. The van der Waals surface area contributed by atoms with E-state index >= 15 is 0 Å². The first kappa shape index (κ1) is 15.1. The molecule has 1 saturated carbocycles. The minimum absolute atomic E-state index is 0.203. The number of benzene rings is 1. The number of halogens is 3. The van der Waals surface area contributed by atoms with Gasteiger partial charge in [-0.3, -0.25) is 25.8 Å². The SMILES string of the molecule is CC1(C(=O)NNc2ccc(C(F)(F)F)cc2[N+](=O)[O-])CC1. The highest BCUT2D eigenvalue weighted by molar-refractivity contribution is 5.86. The van der Waals surface area contributed by atoms with Gasteiger partial charge in [-0.05, 0) is 25.0 Å². The van der Waals surface area contributed by atoms with Crippen molar-refractivity contribution in [1.82, 2.24) is 5.43 Å². The molecule has 0 spiro atoms. The Bertz CT molecular complexity index is 597. The summed E-state index contributed by atoms with van der Waals surface area (Å²) in [5.74, 6) is -0.350. The molecule has 1 fully saturated rings. The molecular weight excluding hydrogens is 291 g/mol. The summed E-state index contributed by atoms with van der Waals surface area (Å²) < 4.78 is 37.6. The van der Waals surface area contributed by atoms with Crippen LogP contribution in [0.1, 0.15) is 25.3 Å². The molecule has 0 unspecified atom stereocenters. The number of nitro groups is 1. The van der Waals surface area contributed by atoms with E-state index in [2.05, 4.69) is 10.9 Å². The number of anilines is 1. The van der Waals surface area contributed by atoms with E-state index in [9.17, 15) is 28.1 Å². The largest absolute Gasteiger partial charge is 0.416 e. The molecule has 2 N–H and O–H groups in total. The Labute approximate surface area is 117 Å².